The van der Waals surface area contributed by atoms with Crippen LogP contribution in [0.15, 0.2) is 115 Å². The number of rotatable bonds is 0. The summed E-state index contributed by atoms with van der Waals surface area (Å²) in [5.74, 6) is 1.58. The lowest BCUT2D eigenvalue weighted by Crippen LogP contribution is -2.13. The molecular weight excluding hydrogens is 398 g/mol. The van der Waals surface area contributed by atoms with Gasteiger partial charge < -0.3 is 15.1 Å². The third kappa shape index (κ3) is 4.99. The Morgan fingerprint density at radius 1 is 0.531 bits per heavy atom. The summed E-state index contributed by atoms with van der Waals surface area (Å²) in [7, 11) is 0. The molecule has 0 saturated heterocycles. The van der Waals surface area contributed by atoms with Gasteiger partial charge in [0.1, 0.15) is 11.5 Å². The largest absolute Gasteiger partial charge is 0.507 e. The molecule has 0 radical (unpaired) electrons. The van der Waals surface area contributed by atoms with E-state index in [0.29, 0.717) is 11.5 Å². The monoisotopic (exact) mass is 421 g/mol. The van der Waals surface area contributed by atoms with Gasteiger partial charge in [-0.3, -0.25) is 0 Å². The number of phenolic OH excluding ortho intramolecular Hbond substituents is 2. The summed E-state index contributed by atoms with van der Waals surface area (Å²) in [5.41, 5.74) is 3.77. The van der Waals surface area contributed by atoms with Gasteiger partial charge in [0, 0.05) is 22.5 Å². The van der Waals surface area contributed by atoms with E-state index < -0.39 is 0 Å². The molecule has 158 valence electrons. The second-order valence-corrected chi connectivity index (χ2v) is 7.09. The molecule has 0 aromatic heterocycles. The van der Waals surface area contributed by atoms with Gasteiger partial charge >= 0.3 is 0 Å². The molecule has 6 rings (SSSR count). The zero-order valence-corrected chi connectivity index (χ0v) is 17.3. The molecule has 0 bridgehead atoms. The molecule has 4 nitrogen and oxygen atoms in total. The first-order chi connectivity index (χ1) is 15.7. The van der Waals surface area contributed by atoms with E-state index in [9.17, 15) is 10.2 Å². The van der Waals surface area contributed by atoms with Crippen molar-refractivity contribution < 1.29 is 15.1 Å². The van der Waals surface area contributed by atoms with Crippen molar-refractivity contribution in [1.82, 2.24) is 5.48 Å². The highest BCUT2D eigenvalue weighted by Crippen LogP contribution is 2.24. The lowest BCUT2D eigenvalue weighted by molar-refractivity contribution is 0.239. The Balaban J connectivity index is 0.000000115. The van der Waals surface area contributed by atoms with Gasteiger partial charge in [0.15, 0.2) is 5.75 Å². The van der Waals surface area contributed by atoms with Crippen LogP contribution in [0.25, 0.3) is 27.6 Å². The lowest BCUT2D eigenvalue weighted by Gasteiger charge is -2.11. The zero-order valence-electron chi connectivity index (χ0n) is 17.3. The Kier molecular flexibility index (Phi) is 6.54. The predicted molar refractivity (Wildman–Crippen MR) is 130 cm³/mol. The van der Waals surface area contributed by atoms with Crippen molar-refractivity contribution in [3.05, 3.63) is 121 Å². The Morgan fingerprint density at radius 3 is 1.59 bits per heavy atom. The number of hydrogen-bond donors (Lipinski definition) is 3. The summed E-state index contributed by atoms with van der Waals surface area (Å²) < 4.78 is 0. The van der Waals surface area contributed by atoms with Gasteiger partial charge in [0.2, 0.25) is 0 Å². The van der Waals surface area contributed by atoms with Crippen molar-refractivity contribution in [3.8, 4) is 17.2 Å². The summed E-state index contributed by atoms with van der Waals surface area (Å²) in [5, 5.41) is 22.7. The third-order valence-electron chi connectivity index (χ3n) is 4.95. The highest BCUT2D eigenvalue weighted by atomic mass is 16.6. The van der Waals surface area contributed by atoms with Crippen molar-refractivity contribution in [3.63, 3.8) is 0 Å². The minimum atomic E-state index is 0.350. The Morgan fingerprint density at radius 2 is 1.03 bits per heavy atom. The van der Waals surface area contributed by atoms with E-state index in [4.69, 9.17) is 4.84 Å². The third-order valence-corrected chi connectivity index (χ3v) is 4.95. The average Bonchev–Trinajstić information content (AvgIpc) is 2.86. The number of para-hydroxylation sites is 1. The van der Waals surface area contributed by atoms with Crippen LogP contribution in [0.4, 0.5) is 0 Å². The summed E-state index contributed by atoms with van der Waals surface area (Å²) >= 11 is 0. The van der Waals surface area contributed by atoms with E-state index in [1.807, 2.05) is 103 Å². The fourth-order valence-electron chi connectivity index (χ4n) is 3.35. The number of hydrogen-bond acceptors (Lipinski definition) is 4. The van der Waals surface area contributed by atoms with Crippen molar-refractivity contribution in [1.29, 1.82) is 0 Å². The maximum absolute atomic E-state index is 9.37. The van der Waals surface area contributed by atoms with Gasteiger partial charge in [0.05, 0.1) is 0 Å². The molecule has 3 N–H and O–H groups in total. The lowest BCUT2D eigenvalue weighted by atomic mass is 10.1. The van der Waals surface area contributed by atoms with Gasteiger partial charge in [-0.15, -0.1) is 0 Å². The fourth-order valence-corrected chi connectivity index (χ4v) is 3.35. The normalized spacial score (nSPS) is 11.1. The molecule has 5 aromatic carbocycles. The summed E-state index contributed by atoms with van der Waals surface area (Å²) in [6, 6.07) is 34.4. The maximum Gasteiger partial charge on any atom is 0.162 e. The van der Waals surface area contributed by atoms with Crippen LogP contribution < -0.4 is 10.3 Å². The molecule has 0 saturated carbocycles. The molecule has 0 amide bonds. The smallest absolute Gasteiger partial charge is 0.162 e. The molecule has 5 aromatic rings. The average molecular weight is 421 g/mol. The first-order valence-electron chi connectivity index (χ1n) is 10.2. The van der Waals surface area contributed by atoms with E-state index in [1.54, 1.807) is 18.3 Å². The molecule has 32 heavy (non-hydrogen) atoms. The Bertz CT molecular complexity index is 1270. The second-order valence-electron chi connectivity index (χ2n) is 7.09. The number of fused-ring (bicyclic) bond motifs is 3. The van der Waals surface area contributed by atoms with Crippen LogP contribution in [0.5, 0.6) is 17.2 Å². The number of benzene rings is 5. The van der Waals surface area contributed by atoms with E-state index in [2.05, 4.69) is 5.48 Å². The number of nitrogens with one attached hydrogen (secondary N) is 1. The summed E-state index contributed by atoms with van der Waals surface area (Å²) in [6.45, 7) is 0. The molecule has 4 heteroatoms. The topological polar surface area (TPSA) is 61.7 Å². The Hall–Kier alpha value is -4.44. The highest BCUT2D eigenvalue weighted by Gasteiger charge is 2.01. The molecule has 0 atom stereocenters. The van der Waals surface area contributed by atoms with Crippen molar-refractivity contribution in [2.45, 2.75) is 0 Å². The quantitative estimate of drug-likeness (QED) is 0.262. The van der Waals surface area contributed by atoms with Gasteiger partial charge in [-0.1, -0.05) is 91.0 Å². The molecule has 1 aliphatic rings. The van der Waals surface area contributed by atoms with Crippen LogP contribution >= 0.6 is 0 Å². The van der Waals surface area contributed by atoms with Gasteiger partial charge in [-0.05, 0) is 35.0 Å². The number of hydroxylamine groups is 1. The standard InChI is InChI=1S/2C10H8O.C8H7NO/c2*11-10-7-3-5-8-4-1-2-6-9(8)10;1-2-4-8-7(3-1)5-6-9-10-8/h2*1-7,11H;1-6,9H. The molecular formula is C28H23NO3. The Labute approximate surface area is 186 Å². The highest BCUT2D eigenvalue weighted by molar-refractivity contribution is 5.88. The van der Waals surface area contributed by atoms with Crippen LogP contribution in [-0.4, -0.2) is 10.2 Å². The van der Waals surface area contributed by atoms with Crippen LogP contribution in [0.1, 0.15) is 5.56 Å². The minimum Gasteiger partial charge on any atom is -0.507 e. The summed E-state index contributed by atoms with van der Waals surface area (Å²) in [6.07, 6.45) is 3.74. The van der Waals surface area contributed by atoms with Crippen LogP contribution in [0.2, 0.25) is 0 Å². The second kappa shape index (κ2) is 10.0. The molecule has 0 fully saturated rings. The molecule has 0 unspecified atom stereocenters. The van der Waals surface area contributed by atoms with Crippen LogP contribution in [0, 0.1) is 0 Å². The van der Waals surface area contributed by atoms with Gasteiger partial charge in [-0.2, -0.15) is 0 Å². The first-order valence-corrected chi connectivity index (χ1v) is 10.2. The fraction of sp³-hybridized carbons (Fsp3) is 0. The van der Waals surface area contributed by atoms with E-state index >= 15 is 0 Å². The van der Waals surface area contributed by atoms with E-state index in [1.165, 1.54) is 0 Å². The van der Waals surface area contributed by atoms with Crippen molar-refractivity contribution >= 4 is 27.6 Å². The first kappa shape index (κ1) is 20.8. The predicted octanol–water partition coefficient (Wildman–Crippen LogP) is 6.65. The number of phenols is 2. The summed E-state index contributed by atoms with van der Waals surface area (Å²) in [4.78, 5) is 5.09. The minimum absolute atomic E-state index is 0.350. The van der Waals surface area contributed by atoms with Gasteiger partial charge in [0.25, 0.3) is 0 Å². The SMILES string of the molecule is C1=Cc2ccccc2ON1.Oc1cccc2ccccc12.Oc1cccc2ccccc12. The van der Waals surface area contributed by atoms with Crippen molar-refractivity contribution in [2.24, 2.45) is 0 Å². The van der Waals surface area contributed by atoms with E-state index in [-0.39, 0.29) is 0 Å². The molecule has 1 aliphatic heterocycles. The molecule has 1 heterocycles. The number of aromatic hydroxyl groups is 2. The van der Waals surface area contributed by atoms with Gasteiger partial charge in [-0.25, -0.2) is 5.48 Å². The van der Waals surface area contributed by atoms with E-state index in [0.717, 1.165) is 32.9 Å². The van der Waals surface area contributed by atoms with Crippen molar-refractivity contribution in [2.75, 3.05) is 0 Å². The molecule has 0 aliphatic carbocycles. The molecule has 0 spiro atoms. The van der Waals surface area contributed by atoms with Crippen LogP contribution in [-0.2, 0) is 0 Å². The van der Waals surface area contributed by atoms with Crippen LogP contribution in [0.3, 0.4) is 0 Å². The maximum atomic E-state index is 9.37. The zero-order chi connectivity index (χ0) is 22.2.